The predicted molar refractivity (Wildman–Crippen MR) is 293 cm³/mol. The minimum Gasteiger partial charge on any atom is -0.756 e. The average Bonchev–Trinajstić information content (AvgIpc) is 3.30. The van der Waals surface area contributed by atoms with Gasteiger partial charge in [0.25, 0.3) is 7.82 Å². The van der Waals surface area contributed by atoms with Crippen LogP contribution in [0.25, 0.3) is 0 Å². The summed E-state index contributed by atoms with van der Waals surface area (Å²) in [6.45, 7) is 4.63. The maximum atomic E-state index is 13.0. The Labute approximate surface area is 422 Å². The molecule has 9 heteroatoms. The van der Waals surface area contributed by atoms with Crippen LogP contribution in [-0.2, 0) is 18.4 Å². The molecule has 0 aromatic rings. The van der Waals surface area contributed by atoms with E-state index in [-0.39, 0.29) is 12.5 Å². The second kappa shape index (κ2) is 50.2. The van der Waals surface area contributed by atoms with Gasteiger partial charge in [0.15, 0.2) is 0 Å². The summed E-state index contributed by atoms with van der Waals surface area (Å²) in [5.74, 6) is -0.215. The minimum atomic E-state index is -4.61. The third-order valence-electron chi connectivity index (χ3n) is 12.7. The summed E-state index contributed by atoms with van der Waals surface area (Å²) in [6.07, 6.45) is 67.3. The molecule has 0 spiro atoms. The second-order valence-electron chi connectivity index (χ2n) is 20.6. The van der Waals surface area contributed by atoms with E-state index in [1.165, 1.54) is 186 Å². The number of aliphatic hydroxyl groups excluding tert-OH is 1. The lowest BCUT2D eigenvalue weighted by Gasteiger charge is -2.29. The standard InChI is InChI=1S/C59H111N2O6P/c1-6-8-10-12-14-16-18-20-22-24-26-28-29-30-31-33-35-37-39-41-43-45-47-49-51-53-59(63)60-57(56-67-68(64,65)66-55-54-61(3,4)5)58(62)52-50-48-46-44-42-40-38-36-34-32-27-25-23-21-19-17-15-13-11-9-7-2/h26,28,30-31,34,36,42,44,50,52,57-58,62H,6-25,27,29,32-33,35,37-41,43,45-49,51,53-56H2,1-5H3,(H-,60,63,64,65)/b28-26-,31-30-,36-34+,44-42+,52-50+. The summed E-state index contributed by atoms with van der Waals surface area (Å²) in [5, 5.41) is 13.9. The van der Waals surface area contributed by atoms with E-state index in [4.69, 9.17) is 9.05 Å². The van der Waals surface area contributed by atoms with Crippen molar-refractivity contribution >= 4 is 13.7 Å². The number of nitrogens with one attached hydrogen (secondary N) is 1. The number of phosphoric ester groups is 1. The molecule has 0 aliphatic heterocycles. The quantitative estimate of drug-likeness (QED) is 0.0272. The van der Waals surface area contributed by atoms with Gasteiger partial charge in [-0.2, -0.15) is 0 Å². The van der Waals surface area contributed by atoms with Crippen LogP contribution in [0.3, 0.4) is 0 Å². The maximum absolute atomic E-state index is 13.0. The van der Waals surface area contributed by atoms with Crippen LogP contribution >= 0.6 is 7.82 Å². The molecule has 3 atom stereocenters. The first-order valence-corrected chi connectivity index (χ1v) is 30.1. The lowest BCUT2D eigenvalue weighted by atomic mass is 10.1. The van der Waals surface area contributed by atoms with Crippen LogP contribution in [0.15, 0.2) is 60.8 Å². The number of hydrogen-bond acceptors (Lipinski definition) is 6. The van der Waals surface area contributed by atoms with E-state index in [2.05, 4.69) is 67.8 Å². The van der Waals surface area contributed by atoms with E-state index in [0.717, 1.165) is 51.4 Å². The van der Waals surface area contributed by atoms with Gasteiger partial charge in [-0.1, -0.05) is 235 Å². The zero-order valence-electron chi connectivity index (χ0n) is 45.3. The Morgan fingerprint density at radius 2 is 0.868 bits per heavy atom. The molecule has 8 nitrogen and oxygen atoms in total. The van der Waals surface area contributed by atoms with Crippen LogP contribution in [0.5, 0.6) is 0 Å². The van der Waals surface area contributed by atoms with Gasteiger partial charge in [-0.25, -0.2) is 0 Å². The van der Waals surface area contributed by atoms with Crippen LogP contribution < -0.4 is 10.2 Å². The zero-order valence-corrected chi connectivity index (χ0v) is 46.2. The number of nitrogens with zero attached hydrogens (tertiary/aromatic N) is 1. The molecule has 398 valence electrons. The molecule has 0 aromatic carbocycles. The topological polar surface area (TPSA) is 108 Å². The first-order valence-electron chi connectivity index (χ1n) is 28.7. The second-order valence-corrected chi connectivity index (χ2v) is 22.0. The van der Waals surface area contributed by atoms with Crippen molar-refractivity contribution in [3.63, 3.8) is 0 Å². The molecule has 68 heavy (non-hydrogen) atoms. The van der Waals surface area contributed by atoms with Gasteiger partial charge in [0.2, 0.25) is 5.91 Å². The molecule has 0 aromatic heterocycles. The lowest BCUT2D eigenvalue weighted by molar-refractivity contribution is -0.870. The molecule has 2 N–H and O–H groups in total. The van der Waals surface area contributed by atoms with Gasteiger partial charge < -0.3 is 28.8 Å². The minimum absolute atomic E-state index is 0.0115. The molecule has 3 unspecified atom stereocenters. The highest BCUT2D eigenvalue weighted by atomic mass is 31.2. The first kappa shape index (κ1) is 66.2. The Morgan fingerprint density at radius 3 is 1.28 bits per heavy atom. The fraction of sp³-hybridized carbons (Fsp3) is 0.814. The molecule has 0 bridgehead atoms. The van der Waals surface area contributed by atoms with Crippen molar-refractivity contribution in [2.45, 2.75) is 270 Å². The molecular formula is C59H111N2O6P. The van der Waals surface area contributed by atoms with Gasteiger partial charge in [-0.05, 0) is 77.0 Å². The van der Waals surface area contributed by atoms with Crippen LogP contribution in [0.4, 0.5) is 0 Å². The molecule has 0 rings (SSSR count). The molecule has 0 saturated heterocycles. The van der Waals surface area contributed by atoms with Crippen molar-refractivity contribution in [2.24, 2.45) is 0 Å². The van der Waals surface area contributed by atoms with Crippen molar-refractivity contribution in [3.8, 4) is 0 Å². The van der Waals surface area contributed by atoms with Crippen molar-refractivity contribution < 1.29 is 32.9 Å². The van der Waals surface area contributed by atoms with Crippen molar-refractivity contribution in [2.75, 3.05) is 40.9 Å². The Morgan fingerprint density at radius 1 is 0.515 bits per heavy atom. The monoisotopic (exact) mass is 975 g/mol. The van der Waals surface area contributed by atoms with Gasteiger partial charge in [-0.15, -0.1) is 0 Å². The molecule has 1 amide bonds. The highest BCUT2D eigenvalue weighted by Gasteiger charge is 2.23. The lowest BCUT2D eigenvalue weighted by Crippen LogP contribution is -2.45. The van der Waals surface area contributed by atoms with Gasteiger partial charge >= 0.3 is 0 Å². The number of hydrogen-bond donors (Lipinski definition) is 2. The number of aliphatic hydroxyl groups is 1. The number of unbranched alkanes of at least 4 members (excludes halogenated alkanes) is 31. The molecule has 0 radical (unpaired) electrons. The number of amides is 1. The molecule has 0 aliphatic carbocycles. The molecule has 0 fully saturated rings. The van der Waals surface area contributed by atoms with E-state index in [9.17, 15) is 19.4 Å². The largest absolute Gasteiger partial charge is 0.756 e. The van der Waals surface area contributed by atoms with E-state index in [1.54, 1.807) is 6.08 Å². The van der Waals surface area contributed by atoms with Crippen molar-refractivity contribution in [3.05, 3.63) is 60.8 Å². The summed E-state index contributed by atoms with van der Waals surface area (Å²) in [4.78, 5) is 25.5. The number of carbonyl (C=O) groups is 1. The number of quaternary nitrogens is 1. The number of rotatable bonds is 52. The number of allylic oxidation sites excluding steroid dienone is 9. The first-order chi connectivity index (χ1) is 33.0. The highest BCUT2D eigenvalue weighted by molar-refractivity contribution is 7.45. The van der Waals surface area contributed by atoms with Crippen molar-refractivity contribution in [1.29, 1.82) is 0 Å². The van der Waals surface area contributed by atoms with Gasteiger partial charge in [0, 0.05) is 6.42 Å². The van der Waals surface area contributed by atoms with Gasteiger partial charge in [0.05, 0.1) is 39.9 Å². The Balaban J connectivity index is 4.30. The third-order valence-corrected chi connectivity index (χ3v) is 13.6. The summed E-state index contributed by atoms with van der Waals surface area (Å²) in [5.41, 5.74) is 0. The summed E-state index contributed by atoms with van der Waals surface area (Å²) in [7, 11) is 1.23. The fourth-order valence-corrected chi connectivity index (χ4v) is 8.88. The van der Waals surface area contributed by atoms with Crippen LogP contribution in [0.2, 0.25) is 0 Å². The normalized spacial score (nSPS) is 14.4. The summed E-state index contributed by atoms with van der Waals surface area (Å²) < 4.78 is 23.3. The van der Waals surface area contributed by atoms with Crippen LogP contribution in [0.1, 0.15) is 258 Å². The van der Waals surface area contributed by atoms with E-state index in [0.29, 0.717) is 17.4 Å². The van der Waals surface area contributed by atoms with Gasteiger partial charge in [0.1, 0.15) is 13.2 Å². The van der Waals surface area contributed by atoms with E-state index >= 15 is 0 Å². The highest BCUT2D eigenvalue weighted by Crippen LogP contribution is 2.38. The van der Waals surface area contributed by atoms with Crippen molar-refractivity contribution in [1.82, 2.24) is 5.32 Å². The fourth-order valence-electron chi connectivity index (χ4n) is 8.16. The third kappa shape index (κ3) is 52.0. The van der Waals surface area contributed by atoms with Crippen LogP contribution in [-0.4, -0.2) is 68.5 Å². The van der Waals surface area contributed by atoms with Crippen LogP contribution in [0, 0.1) is 0 Å². The average molecular weight is 976 g/mol. The smallest absolute Gasteiger partial charge is 0.268 e. The van der Waals surface area contributed by atoms with E-state index < -0.39 is 26.6 Å². The number of phosphoric acid groups is 1. The Hall–Kier alpha value is -1.80. The maximum Gasteiger partial charge on any atom is 0.268 e. The molecule has 0 aliphatic rings. The Bertz CT molecular complexity index is 1290. The summed E-state index contributed by atoms with van der Waals surface area (Å²) in [6, 6.07) is -0.915. The Kier molecular flexibility index (Phi) is 48.8. The molecule has 0 heterocycles. The molecule has 0 saturated carbocycles. The van der Waals surface area contributed by atoms with E-state index in [1.807, 2.05) is 27.2 Å². The summed E-state index contributed by atoms with van der Waals surface area (Å²) >= 11 is 0. The van der Waals surface area contributed by atoms with Gasteiger partial charge in [-0.3, -0.25) is 9.36 Å². The predicted octanol–water partition coefficient (Wildman–Crippen LogP) is 16.7. The molecular weight excluding hydrogens is 864 g/mol. The SMILES string of the molecule is CCCCCCCCCCC/C=C\C/C=C\CCCCCCCCCCCC(=O)NC(COP(=O)([O-])OCC[N+](C)(C)C)C(O)/C=C/CC/C=C/CC/C=C/CCCCCCCCCCCCC. The number of likely N-dealkylation sites (N-methyl/N-ethyl adjacent to an activating group) is 1. The number of carbonyl (C=O) groups excluding carboxylic acids is 1. The zero-order chi connectivity index (χ0) is 49.9.